The molecule has 0 spiro atoms. The summed E-state index contributed by atoms with van der Waals surface area (Å²) in [5.74, 6) is 1.43. The zero-order valence-electron chi connectivity index (χ0n) is 14.9. The van der Waals surface area contributed by atoms with Crippen molar-refractivity contribution in [3.63, 3.8) is 0 Å². The number of thioether (sulfide) groups is 1. The Bertz CT molecular complexity index is 557. The minimum atomic E-state index is 0.194. The Morgan fingerprint density at radius 1 is 1.17 bits per heavy atom. The number of anilines is 1. The lowest BCUT2D eigenvalue weighted by molar-refractivity contribution is -0.129. The second-order valence-electron chi connectivity index (χ2n) is 6.84. The van der Waals surface area contributed by atoms with Crippen LogP contribution >= 0.6 is 11.8 Å². The number of carbonyl (C=O) groups is 1. The van der Waals surface area contributed by atoms with E-state index in [2.05, 4.69) is 40.3 Å². The smallest absolute Gasteiger partial charge is 0.219 e. The number of para-hydroxylation sites is 1. The maximum atomic E-state index is 11.5. The van der Waals surface area contributed by atoms with E-state index >= 15 is 0 Å². The number of piperazine rings is 1. The summed E-state index contributed by atoms with van der Waals surface area (Å²) in [6.45, 7) is 7.48. The molecule has 2 saturated heterocycles. The highest BCUT2D eigenvalue weighted by Gasteiger charge is 2.26. The molecule has 1 amide bonds. The third-order valence-corrected chi connectivity index (χ3v) is 6.01. The van der Waals surface area contributed by atoms with Crippen molar-refractivity contribution >= 4 is 23.4 Å². The highest BCUT2D eigenvalue weighted by molar-refractivity contribution is 7.98. The highest BCUT2D eigenvalue weighted by atomic mass is 32.2. The topological polar surface area (TPSA) is 26.8 Å². The lowest BCUT2D eigenvalue weighted by atomic mass is 10.1. The molecular formula is C19H29N3OS. The van der Waals surface area contributed by atoms with Gasteiger partial charge in [-0.05, 0) is 37.3 Å². The summed E-state index contributed by atoms with van der Waals surface area (Å²) < 4.78 is 0. The van der Waals surface area contributed by atoms with Crippen LogP contribution in [0.25, 0.3) is 0 Å². The number of amides is 1. The van der Waals surface area contributed by atoms with Crippen LogP contribution in [-0.2, 0) is 11.3 Å². The van der Waals surface area contributed by atoms with Crippen LogP contribution < -0.4 is 4.90 Å². The molecule has 0 saturated carbocycles. The molecule has 1 atom stereocenters. The van der Waals surface area contributed by atoms with E-state index < -0.39 is 0 Å². The van der Waals surface area contributed by atoms with E-state index in [1.807, 2.05) is 16.7 Å². The Balaban J connectivity index is 1.68. The zero-order valence-corrected chi connectivity index (χ0v) is 15.7. The predicted molar refractivity (Wildman–Crippen MR) is 103 cm³/mol. The normalized spacial score (nSPS) is 22.2. The number of likely N-dealkylation sites (tertiary alicyclic amines) is 1. The lowest BCUT2D eigenvalue weighted by Gasteiger charge is -2.37. The molecule has 24 heavy (non-hydrogen) atoms. The standard InChI is InChI=1S/C19H29N3OS/c1-16(23)20-10-12-21(13-11-20)19-8-4-3-6-17(19)14-22-9-5-7-18(22)15-24-2/h3-4,6,8,18H,5,7,9-15H2,1-2H3/t18-/m0/s1. The van der Waals surface area contributed by atoms with E-state index in [-0.39, 0.29) is 5.91 Å². The van der Waals surface area contributed by atoms with Gasteiger partial charge in [-0.25, -0.2) is 0 Å². The average Bonchev–Trinajstić information content (AvgIpc) is 3.03. The predicted octanol–water partition coefficient (Wildman–Crippen LogP) is 2.68. The van der Waals surface area contributed by atoms with Crippen molar-refractivity contribution in [2.45, 2.75) is 32.4 Å². The molecule has 0 aromatic heterocycles. The summed E-state index contributed by atoms with van der Waals surface area (Å²) in [6, 6.07) is 9.55. The maximum absolute atomic E-state index is 11.5. The van der Waals surface area contributed by atoms with Gasteiger partial charge in [-0.2, -0.15) is 11.8 Å². The average molecular weight is 348 g/mol. The highest BCUT2D eigenvalue weighted by Crippen LogP contribution is 2.27. The molecule has 2 fully saturated rings. The van der Waals surface area contributed by atoms with Crippen molar-refractivity contribution in [3.05, 3.63) is 29.8 Å². The van der Waals surface area contributed by atoms with Gasteiger partial charge in [0.05, 0.1) is 0 Å². The van der Waals surface area contributed by atoms with E-state index in [0.29, 0.717) is 0 Å². The minimum Gasteiger partial charge on any atom is -0.368 e. The molecule has 1 aromatic rings. The first kappa shape index (κ1) is 17.6. The molecule has 0 aliphatic carbocycles. The molecule has 3 rings (SSSR count). The second kappa shape index (κ2) is 8.26. The fourth-order valence-corrected chi connectivity index (χ4v) is 4.68. The summed E-state index contributed by atoms with van der Waals surface area (Å²) in [6.07, 6.45) is 4.87. The Morgan fingerprint density at radius 3 is 2.62 bits per heavy atom. The summed E-state index contributed by atoms with van der Waals surface area (Å²) in [5, 5.41) is 0. The molecule has 0 bridgehead atoms. The Kier molecular flexibility index (Phi) is 6.06. The summed E-state index contributed by atoms with van der Waals surface area (Å²) >= 11 is 1.96. The molecule has 2 aliphatic heterocycles. The van der Waals surface area contributed by atoms with Gasteiger partial charge in [0, 0.05) is 57.1 Å². The summed E-state index contributed by atoms with van der Waals surface area (Å²) in [5.41, 5.74) is 2.79. The van der Waals surface area contributed by atoms with Crippen LogP contribution in [0.3, 0.4) is 0 Å². The quantitative estimate of drug-likeness (QED) is 0.818. The number of hydrogen-bond donors (Lipinski definition) is 0. The molecule has 1 aromatic carbocycles. The number of hydrogen-bond acceptors (Lipinski definition) is 4. The van der Waals surface area contributed by atoms with Gasteiger partial charge >= 0.3 is 0 Å². The molecule has 132 valence electrons. The first-order valence-corrected chi connectivity index (χ1v) is 10.4. The third-order valence-electron chi connectivity index (χ3n) is 5.29. The van der Waals surface area contributed by atoms with Gasteiger partial charge in [0.1, 0.15) is 0 Å². The van der Waals surface area contributed by atoms with Gasteiger partial charge in [0.25, 0.3) is 0 Å². The van der Waals surface area contributed by atoms with Crippen LogP contribution in [0.15, 0.2) is 24.3 Å². The Hall–Kier alpha value is -1.20. The molecule has 4 nitrogen and oxygen atoms in total. The van der Waals surface area contributed by atoms with Gasteiger partial charge < -0.3 is 9.80 Å². The minimum absolute atomic E-state index is 0.194. The summed E-state index contributed by atoms with van der Waals surface area (Å²) in [4.78, 5) is 18.6. The van der Waals surface area contributed by atoms with Gasteiger partial charge in [-0.15, -0.1) is 0 Å². The molecule has 5 heteroatoms. The molecule has 2 aliphatic rings. The van der Waals surface area contributed by atoms with Crippen LogP contribution in [0.1, 0.15) is 25.3 Å². The fourth-order valence-electron chi connectivity index (χ4n) is 3.92. The fraction of sp³-hybridized carbons (Fsp3) is 0.632. The third kappa shape index (κ3) is 4.06. The molecular weight excluding hydrogens is 318 g/mol. The van der Waals surface area contributed by atoms with Crippen molar-refractivity contribution in [2.24, 2.45) is 0 Å². The van der Waals surface area contributed by atoms with Crippen molar-refractivity contribution in [1.29, 1.82) is 0 Å². The number of nitrogens with zero attached hydrogens (tertiary/aromatic N) is 3. The first-order valence-electron chi connectivity index (χ1n) is 9.00. The van der Waals surface area contributed by atoms with Gasteiger partial charge in [0.2, 0.25) is 5.91 Å². The number of rotatable bonds is 5. The summed E-state index contributed by atoms with van der Waals surface area (Å²) in [7, 11) is 0. The Labute approximate surface area is 150 Å². The van der Waals surface area contributed by atoms with Crippen LogP contribution in [0, 0.1) is 0 Å². The maximum Gasteiger partial charge on any atom is 0.219 e. The molecule has 2 heterocycles. The number of benzene rings is 1. The lowest BCUT2D eigenvalue weighted by Crippen LogP contribution is -2.48. The van der Waals surface area contributed by atoms with E-state index in [4.69, 9.17) is 0 Å². The SMILES string of the molecule is CSC[C@@H]1CCCN1Cc1ccccc1N1CCN(C(C)=O)CC1. The molecule has 0 radical (unpaired) electrons. The van der Waals surface area contributed by atoms with Crippen molar-refractivity contribution in [3.8, 4) is 0 Å². The second-order valence-corrected chi connectivity index (χ2v) is 7.75. The van der Waals surface area contributed by atoms with Crippen LogP contribution in [0.4, 0.5) is 5.69 Å². The van der Waals surface area contributed by atoms with Crippen LogP contribution in [0.5, 0.6) is 0 Å². The van der Waals surface area contributed by atoms with Crippen molar-refractivity contribution < 1.29 is 4.79 Å². The Morgan fingerprint density at radius 2 is 1.92 bits per heavy atom. The van der Waals surface area contributed by atoms with E-state index in [9.17, 15) is 4.79 Å². The van der Waals surface area contributed by atoms with Crippen LogP contribution in [-0.4, -0.2) is 66.5 Å². The van der Waals surface area contributed by atoms with Gasteiger partial charge in [-0.1, -0.05) is 18.2 Å². The van der Waals surface area contributed by atoms with Crippen molar-refractivity contribution in [1.82, 2.24) is 9.80 Å². The van der Waals surface area contributed by atoms with Crippen LogP contribution in [0.2, 0.25) is 0 Å². The van der Waals surface area contributed by atoms with E-state index in [0.717, 1.165) is 38.8 Å². The van der Waals surface area contributed by atoms with Crippen molar-refractivity contribution in [2.75, 3.05) is 49.6 Å². The first-order chi connectivity index (χ1) is 11.7. The van der Waals surface area contributed by atoms with Gasteiger partial charge in [0.15, 0.2) is 0 Å². The van der Waals surface area contributed by atoms with E-state index in [1.54, 1.807) is 6.92 Å². The van der Waals surface area contributed by atoms with Gasteiger partial charge in [-0.3, -0.25) is 9.69 Å². The molecule has 0 unspecified atom stereocenters. The zero-order chi connectivity index (χ0) is 16.9. The largest absolute Gasteiger partial charge is 0.368 e. The van der Waals surface area contributed by atoms with E-state index in [1.165, 1.54) is 36.4 Å². The monoisotopic (exact) mass is 347 g/mol. The number of carbonyl (C=O) groups excluding carboxylic acids is 1. The molecule has 0 N–H and O–H groups in total.